The molecule has 0 aliphatic carbocycles. The van der Waals surface area contributed by atoms with E-state index in [9.17, 15) is 0 Å². The van der Waals surface area contributed by atoms with Gasteiger partial charge < -0.3 is 0 Å². The van der Waals surface area contributed by atoms with Crippen LogP contribution in [0.15, 0.2) is 12.7 Å². The Morgan fingerprint density at radius 3 is 2.00 bits per heavy atom. The maximum atomic E-state index is 3.80. The summed E-state index contributed by atoms with van der Waals surface area (Å²) in [5.41, 5.74) is 0. The second kappa shape index (κ2) is 8.82. The zero-order valence-corrected chi connectivity index (χ0v) is 4.58. The zero-order valence-electron chi connectivity index (χ0n) is 2.74. The van der Waals surface area contributed by atoms with E-state index in [4.69, 9.17) is 0 Å². The normalized spacial score (nSPS) is 5.00. The van der Waals surface area contributed by atoms with Crippen molar-refractivity contribution in [2.75, 3.05) is 5.75 Å². The Bertz CT molecular complexity index is 20.9. The molecule has 0 aromatic heterocycles. The van der Waals surface area contributed by atoms with E-state index >= 15 is 0 Å². The summed E-state index contributed by atoms with van der Waals surface area (Å²) in [4.78, 5) is 0. The molecule has 1 radical (unpaired) electrons. The van der Waals surface area contributed by atoms with E-state index in [0.29, 0.717) is 0 Å². The quantitative estimate of drug-likeness (QED) is 0.313. The molecular formula is C3H6CuS. The van der Waals surface area contributed by atoms with E-state index in [1.165, 1.54) is 0 Å². The molecule has 0 rings (SSSR count). The van der Waals surface area contributed by atoms with E-state index < -0.39 is 0 Å². The van der Waals surface area contributed by atoms with Gasteiger partial charge in [-0.25, -0.2) is 0 Å². The summed E-state index contributed by atoms with van der Waals surface area (Å²) in [6.07, 6.45) is 1.74. The molecule has 2 heteroatoms. The Morgan fingerprint density at radius 2 is 2.00 bits per heavy atom. The number of rotatable bonds is 1. The van der Waals surface area contributed by atoms with Gasteiger partial charge in [0.15, 0.2) is 0 Å². The van der Waals surface area contributed by atoms with Gasteiger partial charge in [0.25, 0.3) is 0 Å². The van der Waals surface area contributed by atoms with Crippen LogP contribution in [0.3, 0.4) is 0 Å². The van der Waals surface area contributed by atoms with Crippen LogP contribution in [-0.4, -0.2) is 5.75 Å². The summed E-state index contributed by atoms with van der Waals surface area (Å²) in [5, 5.41) is 0. The van der Waals surface area contributed by atoms with Crippen LogP contribution in [0.4, 0.5) is 0 Å². The van der Waals surface area contributed by atoms with Gasteiger partial charge in [-0.1, -0.05) is 6.08 Å². The third kappa shape index (κ3) is 12.1. The van der Waals surface area contributed by atoms with Gasteiger partial charge in [0, 0.05) is 22.8 Å². The molecule has 0 N–H and O–H groups in total. The number of hydrogen-bond acceptors (Lipinski definition) is 1. The molecule has 5 heavy (non-hydrogen) atoms. The monoisotopic (exact) mass is 137 g/mol. The van der Waals surface area contributed by atoms with E-state index in [1.807, 2.05) is 0 Å². The summed E-state index contributed by atoms with van der Waals surface area (Å²) in [6, 6.07) is 0. The Morgan fingerprint density at radius 1 is 1.80 bits per heavy atom. The fourth-order valence-corrected chi connectivity index (χ4v) is 0. The maximum Gasteiger partial charge on any atom is 0.00799 e. The van der Waals surface area contributed by atoms with E-state index in [-0.39, 0.29) is 17.1 Å². The van der Waals surface area contributed by atoms with Crippen LogP contribution in [0.5, 0.6) is 0 Å². The van der Waals surface area contributed by atoms with Crippen LogP contribution in [-0.2, 0) is 17.1 Å². The van der Waals surface area contributed by atoms with Gasteiger partial charge in [-0.3, -0.25) is 0 Å². The first-order valence-electron chi connectivity index (χ1n) is 1.13. The molecule has 0 saturated carbocycles. The molecule has 0 aromatic rings. The van der Waals surface area contributed by atoms with E-state index in [0.717, 1.165) is 5.75 Å². The molecule has 0 amide bonds. The Balaban J connectivity index is 0. The predicted molar refractivity (Wildman–Crippen MR) is 24.0 cm³/mol. The van der Waals surface area contributed by atoms with Gasteiger partial charge >= 0.3 is 0 Å². The van der Waals surface area contributed by atoms with Gasteiger partial charge in [-0.05, 0) is 0 Å². The standard InChI is InChI=1S/C3H6S.Cu/c1-2-3-4;/h2,4H,1,3H2;. The molecule has 0 nitrogen and oxygen atoms in total. The molecule has 0 spiro atoms. The van der Waals surface area contributed by atoms with Crippen LogP contribution in [0, 0.1) is 0 Å². The number of hydrogen-bond donors (Lipinski definition) is 1. The average Bonchev–Trinajstić information content (AvgIpc) is 1.37. The van der Waals surface area contributed by atoms with Crippen LogP contribution >= 0.6 is 12.6 Å². The molecule has 0 saturated heterocycles. The fraction of sp³-hybridized carbons (Fsp3) is 0.333. The Labute approximate surface area is 48.5 Å². The molecule has 0 fully saturated rings. The van der Waals surface area contributed by atoms with Crippen molar-refractivity contribution in [1.82, 2.24) is 0 Å². The van der Waals surface area contributed by atoms with Gasteiger partial charge in [0.05, 0.1) is 0 Å². The third-order valence-corrected chi connectivity index (χ3v) is 0.387. The average molecular weight is 138 g/mol. The minimum atomic E-state index is 0. The van der Waals surface area contributed by atoms with Crippen LogP contribution in [0.25, 0.3) is 0 Å². The second-order valence-corrected chi connectivity index (χ2v) is 0.836. The van der Waals surface area contributed by atoms with Gasteiger partial charge in [-0.2, -0.15) is 12.6 Å². The van der Waals surface area contributed by atoms with Crippen molar-refractivity contribution in [2.24, 2.45) is 0 Å². The first-order valence-corrected chi connectivity index (χ1v) is 1.77. The maximum absolute atomic E-state index is 3.80. The van der Waals surface area contributed by atoms with Crippen molar-refractivity contribution in [2.45, 2.75) is 0 Å². The van der Waals surface area contributed by atoms with Crippen LogP contribution in [0.1, 0.15) is 0 Å². The molecule has 0 aliphatic heterocycles. The van der Waals surface area contributed by atoms with Crippen LogP contribution < -0.4 is 0 Å². The molecule has 0 heterocycles. The summed E-state index contributed by atoms with van der Waals surface area (Å²) in [5.74, 6) is 0.778. The van der Waals surface area contributed by atoms with Crippen molar-refractivity contribution in [3.63, 3.8) is 0 Å². The van der Waals surface area contributed by atoms with Crippen molar-refractivity contribution >= 4 is 12.6 Å². The molecule has 0 aliphatic rings. The number of thiol groups is 1. The summed E-state index contributed by atoms with van der Waals surface area (Å²) in [7, 11) is 0. The van der Waals surface area contributed by atoms with E-state index in [2.05, 4.69) is 19.2 Å². The Kier molecular flexibility index (Phi) is 16.1. The summed E-state index contributed by atoms with van der Waals surface area (Å²) >= 11 is 3.80. The minimum absolute atomic E-state index is 0. The van der Waals surface area contributed by atoms with Crippen LogP contribution in [0.2, 0.25) is 0 Å². The fourth-order valence-electron chi connectivity index (χ4n) is 0. The molecule has 0 bridgehead atoms. The largest absolute Gasteiger partial charge is 0.175 e. The van der Waals surface area contributed by atoms with Crippen molar-refractivity contribution in [1.29, 1.82) is 0 Å². The minimum Gasteiger partial charge on any atom is -0.175 e. The Hall–Kier alpha value is 0.609. The SMILES string of the molecule is C=CCS.[Cu]. The summed E-state index contributed by atoms with van der Waals surface area (Å²) in [6.45, 7) is 3.40. The zero-order chi connectivity index (χ0) is 3.41. The third-order valence-electron chi connectivity index (χ3n) is 0.129. The first kappa shape index (κ1) is 9.15. The summed E-state index contributed by atoms with van der Waals surface area (Å²) < 4.78 is 0. The molecule has 0 unspecified atom stereocenters. The van der Waals surface area contributed by atoms with E-state index in [1.54, 1.807) is 6.08 Å². The van der Waals surface area contributed by atoms with Gasteiger partial charge in [0.2, 0.25) is 0 Å². The van der Waals surface area contributed by atoms with Crippen molar-refractivity contribution < 1.29 is 17.1 Å². The van der Waals surface area contributed by atoms with Crippen molar-refractivity contribution in [3.05, 3.63) is 12.7 Å². The topological polar surface area (TPSA) is 0 Å². The molecular weight excluding hydrogens is 132 g/mol. The predicted octanol–water partition coefficient (Wildman–Crippen LogP) is 1.10. The smallest absolute Gasteiger partial charge is 0.00799 e. The van der Waals surface area contributed by atoms with Gasteiger partial charge in [-0.15, -0.1) is 6.58 Å². The van der Waals surface area contributed by atoms with Crippen molar-refractivity contribution in [3.8, 4) is 0 Å². The molecule has 0 aromatic carbocycles. The molecule has 0 atom stereocenters. The second-order valence-electron chi connectivity index (χ2n) is 0.471. The first-order chi connectivity index (χ1) is 1.91. The van der Waals surface area contributed by atoms with Gasteiger partial charge in [0.1, 0.15) is 0 Å². The molecule has 35 valence electrons.